The second-order valence-corrected chi connectivity index (χ2v) is 15.2. The molecule has 2 aromatic rings. The maximum Gasteiger partial charge on any atom is 0.410 e. The van der Waals surface area contributed by atoms with E-state index in [1.807, 2.05) is 30.3 Å². The highest BCUT2D eigenvalue weighted by Crippen LogP contribution is 2.32. The summed E-state index contributed by atoms with van der Waals surface area (Å²) in [5.74, 6) is -1.97. The number of ether oxygens (including phenoxy) is 2. The third-order valence-electron chi connectivity index (χ3n) is 8.10. The first kappa shape index (κ1) is 41.3. The molecule has 3 rings (SSSR count). The topological polar surface area (TPSA) is 191 Å². The number of nitrogens with zero attached hydrogens (tertiary/aromatic N) is 2. The van der Waals surface area contributed by atoms with Gasteiger partial charge in [0, 0.05) is 18.7 Å². The lowest BCUT2D eigenvalue weighted by atomic mass is 9.85. The molecule has 0 saturated carbocycles. The molecule has 14 heteroatoms. The highest BCUT2D eigenvalue weighted by atomic mass is 16.7. The van der Waals surface area contributed by atoms with Gasteiger partial charge in [0.1, 0.15) is 29.3 Å². The molecule has 1 aliphatic rings. The Kier molecular flexibility index (Phi) is 14.2. The lowest BCUT2D eigenvalue weighted by molar-refractivity contribution is -0.147. The maximum atomic E-state index is 13.6. The van der Waals surface area contributed by atoms with Crippen LogP contribution in [0.5, 0.6) is 0 Å². The molecule has 0 aliphatic carbocycles. The van der Waals surface area contributed by atoms with E-state index in [-0.39, 0.29) is 24.2 Å². The largest absolute Gasteiger partial charge is 0.444 e. The number of nitrogens with one attached hydrogen (secondary N) is 3. The van der Waals surface area contributed by atoms with Crippen molar-refractivity contribution in [1.82, 2.24) is 20.9 Å². The molecular weight excluding hydrogens is 668 g/mol. The van der Waals surface area contributed by atoms with Crippen LogP contribution < -0.4 is 21.7 Å². The minimum atomic E-state index is -1.01. The monoisotopic (exact) mass is 722 g/mol. The van der Waals surface area contributed by atoms with Crippen LogP contribution in [0.4, 0.5) is 9.59 Å². The molecule has 1 aliphatic heterocycles. The number of amides is 4. The normalized spacial score (nSPS) is 17.7. The van der Waals surface area contributed by atoms with Crippen molar-refractivity contribution in [2.24, 2.45) is 16.8 Å². The summed E-state index contributed by atoms with van der Waals surface area (Å²) in [6.45, 7) is 16.0. The van der Waals surface area contributed by atoms with Crippen LogP contribution >= 0.6 is 0 Å². The number of alkyl carbamates (subject to hydrolysis) is 1. The third kappa shape index (κ3) is 12.9. The van der Waals surface area contributed by atoms with Crippen LogP contribution in [-0.2, 0) is 35.2 Å². The Balaban J connectivity index is 1.57. The first-order valence-electron chi connectivity index (χ1n) is 17.5. The average molecular weight is 723 g/mol. The molecule has 4 atom stereocenters. The first-order chi connectivity index (χ1) is 24.2. The van der Waals surface area contributed by atoms with Crippen molar-refractivity contribution < 1.29 is 38.3 Å². The highest BCUT2D eigenvalue weighted by molar-refractivity contribution is 5.97. The number of amidine groups is 1. The van der Waals surface area contributed by atoms with Gasteiger partial charge in [0.05, 0.1) is 0 Å². The van der Waals surface area contributed by atoms with Crippen molar-refractivity contribution in [2.45, 2.75) is 117 Å². The Morgan fingerprint density at radius 1 is 0.885 bits per heavy atom. The lowest BCUT2D eigenvalue weighted by Gasteiger charge is -2.39. The van der Waals surface area contributed by atoms with Gasteiger partial charge in [0.15, 0.2) is 5.84 Å². The molecule has 0 bridgehead atoms. The van der Waals surface area contributed by atoms with E-state index < -0.39 is 59.3 Å². The summed E-state index contributed by atoms with van der Waals surface area (Å²) < 4.78 is 10.8. The van der Waals surface area contributed by atoms with Crippen LogP contribution in [-0.4, -0.2) is 76.6 Å². The molecule has 1 heterocycles. The van der Waals surface area contributed by atoms with Crippen LogP contribution in [0.3, 0.4) is 0 Å². The third-order valence-corrected chi connectivity index (χ3v) is 8.10. The Bertz CT molecular complexity index is 1580. The van der Waals surface area contributed by atoms with Crippen LogP contribution in [0.15, 0.2) is 59.8 Å². The summed E-state index contributed by atoms with van der Waals surface area (Å²) in [5, 5.41) is 11.8. The van der Waals surface area contributed by atoms with Crippen molar-refractivity contribution in [3.63, 3.8) is 0 Å². The zero-order valence-electron chi connectivity index (χ0n) is 31.6. The fourth-order valence-corrected chi connectivity index (χ4v) is 5.43. The molecular formula is C38H54N6O8. The van der Waals surface area contributed by atoms with Gasteiger partial charge in [-0.05, 0) is 84.3 Å². The molecule has 4 amide bonds. The van der Waals surface area contributed by atoms with Crippen LogP contribution in [0.25, 0.3) is 0 Å². The van der Waals surface area contributed by atoms with Gasteiger partial charge in [-0.1, -0.05) is 73.6 Å². The van der Waals surface area contributed by atoms with E-state index in [2.05, 4.69) is 21.1 Å². The van der Waals surface area contributed by atoms with Gasteiger partial charge in [0.25, 0.3) is 0 Å². The number of carbonyl (C=O) groups excluding carboxylic acids is 5. The van der Waals surface area contributed by atoms with Gasteiger partial charge in [0.2, 0.25) is 11.8 Å². The maximum absolute atomic E-state index is 13.6. The average Bonchev–Trinajstić information content (AvgIpc) is 3.06. The summed E-state index contributed by atoms with van der Waals surface area (Å²) in [6.07, 6.45) is -0.261. The predicted octanol–water partition coefficient (Wildman–Crippen LogP) is 4.70. The SMILES string of the molecule is CC(C)C(NC(=O)OC(C)(C)C)C(=O)O/N=C(\N)c1ccc(CNC(=O)[C@H](C)NC(=O)[C@H]2C[C@@H](c3ccccc3)CCN2C(=O)OC(C)(C)C)cc1. The summed E-state index contributed by atoms with van der Waals surface area (Å²) in [7, 11) is 0. The van der Waals surface area contributed by atoms with E-state index in [1.54, 1.807) is 86.6 Å². The van der Waals surface area contributed by atoms with Crippen molar-refractivity contribution in [3.8, 4) is 0 Å². The van der Waals surface area contributed by atoms with E-state index >= 15 is 0 Å². The molecule has 0 spiro atoms. The Morgan fingerprint density at radius 2 is 1.50 bits per heavy atom. The van der Waals surface area contributed by atoms with Gasteiger partial charge in [-0.2, -0.15) is 0 Å². The Morgan fingerprint density at radius 3 is 2.08 bits per heavy atom. The molecule has 2 aromatic carbocycles. The van der Waals surface area contributed by atoms with Gasteiger partial charge in [-0.15, -0.1) is 0 Å². The standard InChI is InChI=1S/C38H54N6O8/c1-23(2)30(42-35(48)50-37(4,5)6)34(47)52-43-31(39)27-17-15-25(16-18-27)22-40-32(45)24(3)41-33(46)29-21-28(26-13-11-10-12-14-26)19-20-44(29)36(49)51-38(7,8)9/h10-18,23-24,28-30H,19-22H2,1-9H3,(H2,39,43)(H,40,45)(H,41,46)(H,42,48)/t24-,28-,29+,30?/m0/s1. The van der Waals surface area contributed by atoms with Gasteiger partial charge in [-0.25, -0.2) is 14.4 Å². The summed E-state index contributed by atoms with van der Waals surface area (Å²) in [4.78, 5) is 71.0. The predicted molar refractivity (Wildman–Crippen MR) is 196 cm³/mol. The number of nitrogens with two attached hydrogens (primary N) is 1. The molecule has 52 heavy (non-hydrogen) atoms. The van der Waals surface area contributed by atoms with E-state index in [1.165, 1.54) is 4.90 Å². The van der Waals surface area contributed by atoms with Crippen molar-refractivity contribution in [1.29, 1.82) is 0 Å². The van der Waals surface area contributed by atoms with E-state index in [9.17, 15) is 24.0 Å². The molecule has 5 N–H and O–H groups in total. The van der Waals surface area contributed by atoms with Gasteiger partial charge in [-0.3, -0.25) is 14.5 Å². The number of likely N-dealkylation sites (tertiary alicyclic amines) is 1. The number of oxime groups is 1. The molecule has 1 unspecified atom stereocenters. The number of hydrogen-bond donors (Lipinski definition) is 4. The zero-order valence-corrected chi connectivity index (χ0v) is 31.6. The molecule has 284 valence electrons. The number of piperidine rings is 1. The molecule has 1 saturated heterocycles. The first-order valence-corrected chi connectivity index (χ1v) is 17.5. The minimum absolute atomic E-state index is 0.0620. The van der Waals surface area contributed by atoms with Gasteiger partial charge < -0.3 is 36.0 Å². The van der Waals surface area contributed by atoms with E-state index in [0.717, 1.165) is 11.1 Å². The number of hydrogen-bond acceptors (Lipinski definition) is 9. The van der Waals surface area contributed by atoms with Crippen molar-refractivity contribution in [3.05, 3.63) is 71.3 Å². The fraction of sp³-hybridized carbons (Fsp3) is 0.526. The molecule has 0 radical (unpaired) electrons. The molecule has 14 nitrogen and oxygen atoms in total. The van der Waals surface area contributed by atoms with E-state index in [4.69, 9.17) is 20.0 Å². The smallest absolute Gasteiger partial charge is 0.410 e. The van der Waals surface area contributed by atoms with Crippen molar-refractivity contribution >= 4 is 35.8 Å². The zero-order chi connectivity index (χ0) is 38.8. The highest BCUT2D eigenvalue weighted by Gasteiger charge is 2.39. The number of rotatable bonds is 11. The Labute approximate surface area is 306 Å². The molecule has 0 aromatic heterocycles. The van der Waals surface area contributed by atoms with Crippen LogP contribution in [0.1, 0.15) is 97.8 Å². The number of benzene rings is 2. The fourth-order valence-electron chi connectivity index (χ4n) is 5.43. The van der Waals surface area contributed by atoms with Gasteiger partial charge >= 0.3 is 18.2 Å². The minimum Gasteiger partial charge on any atom is -0.444 e. The summed E-state index contributed by atoms with van der Waals surface area (Å²) in [6, 6.07) is 13.9. The summed E-state index contributed by atoms with van der Waals surface area (Å²) in [5.41, 5.74) is 6.85. The summed E-state index contributed by atoms with van der Waals surface area (Å²) >= 11 is 0. The second-order valence-electron chi connectivity index (χ2n) is 15.2. The Hall–Kier alpha value is -5.14. The van der Waals surface area contributed by atoms with Crippen LogP contribution in [0.2, 0.25) is 0 Å². The van der Waals surface area contributed by atoms with E-state index in [0.29, 0.717) is 24.9 Å². The van der Waals surface area contributed by atoms with Crippen LogP contribution in [0, 0.1) is 5.92 Å². The molecule has 1 fully saturated rings. The van der Waals surface area contributed by atoms with Crippen molar-refractivity contribution in [2.75, 3.05) is 6.54 Å². The quantitative estimate of drug-likeness (QED) is 0.110. The second kappa shape index (κ2) is 17.9. The number of carbonyl (C=O) groups is 5. The lowest BCUT2D eigenvalue weighted by Crippen LogP contribution is -2.57.